The topological polar surface area (TPSA) is 48.3 Å². The van der Waals surface area contributed by atoms with Gasteiger partial charge in [-0.05, 0) is 43.6 Å². The quantitative estimate of drug-likeness (QED) is 0.877. The number of rotatable bonds is 6. The lowest BCUT2D eigenvalue weighted by Crippen LogP contribution is -2.36. The molecule has 1 saturated heterocycles. The van der Waals surface area contributed by atoms with Crippen LogP contribution in [-0.2, 0) is 6.54 Å². The molecule has 1 unspecified atom stereocenters. The largest absolute Gasteiger partial charge is 0.495 e. The monoisotopic (exact) mass is 309 g/mol. The normalized spacial score (nSPS) is 17.3. The van der Waals surface area contributed by atoms with E-state index in [0.717, 1.165) is 32.6 Å². The fourth-order valence-electron chi connectivity index (χ4n) is 2.79. The van der Waals surface area contributed by atoms with Gasteiger partial charge in [-0.1, -0.05) is 13.0 Å². The van der Waals surface area contributed by atoms with E-state index in [9.17, 15) is 0 Å². The summed E-state index contributed by atoms with van der Waals surface area (Å²) in [7, 11) is 1.62. The number of methoxy groups -OCH3 is 1. The van der Waals surface area contributed by atoms with Crippen molar-refractivity contribution in [1.82, 2.24) is 10.2 Å². The zero-order chi connectivity index (χ0) is 14.4. The summed E-state index contributed by atoms with van der Waals surface area (Å²) in [5.41, 5.74) is 1.81. The lowest BCUT2D eigenvalue weighted by molar-refractivity contribution is 0.199. The van der Waals surface area contributed by atoms with E-state index in [4.69, 9.17) is 10.00 Å². The first kappa shape index (κ1) is 17.8. The lowest BCUT2D eigenvalue weighted by Gasteiger charge is -2.28. The summed E-state index contributed by atoms with van der Waals surface area (Å²) in [4.78, 5) is 2.53. The van der Waals surface area contributed by atoms with Crippen molar-refractivity contribution in [3.8, 4) is 11.8 Å². The molecule has 1 aromatic rings. The average molecular weight is 310 g/mol. The standard InChI is InChI=1S/C16H23N3O.ClH/c1-3-8-19(15-6-7-18-11-15)12-13-4-5-14(10-17)16(9-13)20-2;/h4-5,9,15,18H,3,6-8,11-12H2,1-2H3;1H. The van der Waals surface area contributed by atoms with Crippen molar-refractivity contribution in [3.05, 3.63) is 29.3 Å². The second-order valence-corrected chi connectivity index (χ2v) is 5.26. The minimum atomic E-state index is 0. The van der Waals surface area contributed by atoms with Gasteiger partial charge >= 0.3 is 0 Å². The van der Waals surface area contributed by atoms with E-state index >= 15 is 0 Å². The molecule has 21 heavy (non-hydrogen) atoms. The second-order valence-electron chi connectivity index (χ2n) is 5.26. The molecule has 1 fully saturated rings. The number of benzene rings is 1. The van der Waals surface area contributed by atoms with E-state index in [2.05, 4.69) is 23.2 Å². The Hall–Kier alpha value is -1.28. The lowest BCUT2D eigenvalue weighted by atomic mass is 10.1. The van der Waals surface area contributed by atoms with Crippen LogP contribution in [0.3, 0.4) is 0 Å². The van der Waals surface area contributed by atoms with Crippen molar-refractivity contribution in [2.45, 2.75) is 32.4 Å². The molecule has 1 N–H and O–H groups in total. The van der Waals surface area contributed by atoms with Crippen LogP contribution in [0.5, 0.6) is 5.75 Å². The summed E-state index contributed by atoms with van der Waals surface area (Å²) in [6.45, 7) is 6.43. The highest BCUT2D eigenvalue weighted by Crippen LogP contribution is 2.21. The van der Waals surface area contributed by atoms with Gasteiger partial charge in [0.1, 0.15) is 11.8 Å². The van der Waals surface area contributed by atoms with Gasteiger partial charge in [-0.15, -0.1) is 12.4 Å². The molecular formula is C16H24ClN3O. The Labute approximate surface area is 133 Å². The van der Waals surface area contributed by atoms with Crippen LogP contribution in [0.2, 0.25) is 0 Å². The predicted molar refractivity (Wildman–Crippen MR) is 86.9 cm³/mol. The third-order valence-electron chi connectivity index (χ3n) is 3.83. The molecule has 0 aliphatic carbocycles. The molecule has 1 atom stereocenters. The zero-order valence-electron chi connectivity index (χ0n) is 12.8. The summed E-state index contributed by atoms with van der Waals surface area (Å²) < 4.78 is 5.29. The maximum absolute atomic E-state index is 9.03. The minimum absolute atomic E-state index is 0. The van der Waals surface area contributed by atoms with Crippen LogP contribution in [0, 0.1) is 11.3 Å². The van der Waals surface area contributed by atoms with Gasteiger partial charge in [0, 0.05) is 19.1 Å². The van der Waals surface area contributed by atoms with Crippen LogP contribution in [0.1, 0.15) is 30.9 Å². The highest BCUT2D eigenvalue weighted by molar-refractivity contribution is 5.85. The molecule has 116 valence electrons. The highest BCUT2D eigenvalue weighted by Gasteiger charge is 2.21. The summed E-state index contributed by atoms with van der Waals surface area (Å²) in [5, 5.41) is 12.5. The smallest absolute Gasteiger partial charge is 0.136 e. The van der Waals surface area contributed by atoms with Crippen LogP contribution in [0.15, 0.2) is 18.2 Å². The molecule has 1 heterocycles. The first-order valence-electron chi connectivity index (χ1n) is 7.30. The van der Waals surface area contributed by atoms with Gasteiger partial charge in [0.25, 0.3) is 0 Å². The number of hydrogen-bond acceptors (Lipinski definition) is 4. The molecule has 0 saturated carbocycles. The van der Waals surface area contributed by atoms with Gasteiger partial charge in [0.2, 0.25) is 0 Å². The minimum Gasteiger partial charge on any atom is -0.495 e. The molecule has 1 aromatic carbocycles. The van der Waals surface area contributed by atoms with Gasteiger partial charge < -0.3 is 10.1 Å². The number of nitrogens with zero attached hydrogens (tertiary/aromatic N) is 2. The van der Waals surface area contributed by atoms with Crippen LogP contribution >= 0.6 is 12.4 Å². The van der Waals surface area contributed by atoms with Crippen LogP contribution in [0.25, 0.3) is 0 Å². The molecule has 5 heteroatoms. The number of halogens is 1. The summed E-state index contributed by atoms with van der Waals surface area (Å²) in [5.74, 6) is 0.672. The molecular weight excluding hydrogens is 286 g/mol. The van der Waals surface area contributed by atoms with Crippen molar-refractivity contribution in [1.29, 1.82) is 5.26 Å². The van der Waals surface area contributed by atoms with E-state index in [1.54, 1.807) is 7.11 Å². The number of nitriles is 1. The maximum atomic E-state index is 9.03. The Kier molecular flexibility index (Phi) is 7.52. The summed E-state index contributed by atoms with van der Waals surface area (Å²) in [6, 6.07) is 8.66. The van der Waals surface area contributed by atoms with Crippen molar-refractivity contribution >= 4 is 12.4 Å². The number of nitrogens with one attached hydrogen (secondary N) is 1. The van der Waals surface area contributed by atoms with Crippen molar-refractivity contribution in [2.75, 3.05) is 26.7 Å². The third kappa shape index (κ3) is 4.60. The molecule has 0 aromatic heterocycles. The Bertz CT molecular complexity index is 481. The van der Waals surface area contributed by atoms with E-state index in [-0.39, 0.29) is 12.4 Å². The van der Waals surface area contributed by atoms with Crippen molar-refractivity contribution < 1.29 is 4.74 Å². The van der Waals surface area contributed by atoms with Gasteiger partial charge in [0.15, 0.2) is 0 Å². The summed E-state index contributed by atoms with van der Waals surface area (Å²) in [6.07, 6.45) is 2.37. The molecule has 0 amide bonds. The molecule has 2 rings (SSSR count). The Morgan fingerprint density at radius 3 is 2.86 bits per heavy atom. The van der Waals surface area contributed by atoms with Gasteiger partial charge in [-0.3, -0.25) is 4.90 Å². The van der Waals surface area contributed by atoms with E-state index in [1.165, 1.54) is 12.0 Å². The highest BCUT2D eigenvalue weighted by atomic mass is 35.5. The molecule has 0 radical (unpaired) electrons. The molecule has 0 spiro atoms. The van der Waals surface area contributed by atoms with E-state index in [0.29, 0.717) is 17.4 Å². The Balaban J connectivity index is 0.00000220. The van der Waals surface area contributed by atoms with Gasteiger partial charge in [-0.25, -0.2) is 0 Å². The first-order valence-corrected chi connectivity index (χ1v) is 7.30. The average Bonchev–Trinajstić information content (AvgIpc) is 3.00. The van der Waals surface area contributed by atoms with Crippen molar-refractivity contribution in [3.63, 3.8) is 0 Å². The molecule has 0 bridgehead atoms. The van der Waals surface area contributed by atoms with Crippen LogP contribution < -0.4 is 10.1 Å². The maximum Gasteiger partial charge on any atom is 0.136 e. The Morgan fingerprint density at radius 2 is 2.29 bits per heavy atom. The molecule has 1 aliphatic heterocycles. The van der Waals surface area contributed by atoms with Crippen LogP contribution in [-0.4, -0.2) is 37.7 Å². The zero-order valence-corrected chi connectivity index (χ0v) is 13.6. The van der Waals surface area contributed by atoms with E-state index in [1.807, 2.05) is 18.2 Å². The first-order chi connectivity index (χ1) is 9.78. The van der Waals surface area contributed by atoms with Gasteiger partial charge in [0.05, 0.1) is 12.7 Å². The molecule has 4 nitrogen and oxygen atoms in total. The van der Waals surface area contributed by atoms with Crippen molar-refractivity contribution in [2.24, 2.45) is 0 Å². The van der Waals surface area contributed by atoms with Crippen LogP contribution in [0.4, 0.5) is 0 Å². The number of hydrogen-bond donors (Lipinski definition) is 1. The summed E-state index contributed by atoms with van der Waals surface area (Å²) >= 11 is 0. The molecule has 1 aliphatic rings. The number of ether oxygens (including phenoxy) is 1. The van der Waals surface area contributed by atoms with E-state index < -0.39 is 0 Å². The fraction of sp³-hybridized carbons (Fsp3) is 0.562. The Morgan fingerprint density at radius 1 is 1.48 bits per heavy atom. The predicted octanol–water partition coefficient (Wildman–Crippen LogP) is 2.56. The van der Waals surface area contributed by atoms with Gasteiger partial charge in [-0.2, -0.15) is 5.26 Å². The SMILES string of the molecule is CCCN(Cc1ccc(C#N)c(OC)c1)C1CCNC1.Cl. The third-order valence-corrected chi connectivity index (χ3v) is 3.83. The second kappa shape index (κ2) is 8.89. The fourth-order valence-corrected chi connectivity index (χ4v) is 2.79.